The highest BCUT2D eigenvalue weighted by atomic mass is 19.2. The van der Waals surface area contributed by atoms with Gasteiger partial charge in [-0.05, 0) is 12.1 Å². The number of hydrogen-bond donors (Lipinski definition) is 2. The molecule has 13 heavy (non-hydrogen) atoms. The molecule has 0 saturated carbocycles. The average Bonchev–Trinajstić information content (AvgIpc) is 2.11. The molecule has 2 nitrogen and oxygen atoms in total. The highest BCUT2D eigenvalue weighted by Gasteiger charge is 1.93. The fraction of sp³-hybridized carbons (Fsp3) is 0. The van der Waals surface area contributed by atoms with Gasteiger partial charge in [0.15, 0.2) is 11.6 Å². The molecule has 2 N–H and O–H groups in total. The molecule has 0 fully saturated rings. The van der Waals surface area contributed by atoms with Gasteiger partial charge in [-0.1, -0.05) is 18.1 Å². The molecular formula is C8H9BF2O2. The Hall–Kier alpha value is -1.20. The van der Waals surface area contributed by atoms with Crippen molar-refractivity contribution in [3.8, 4) is 0 Å². The molecule has 70 valence electrons. The van der Waals surface area contributed by atoms with Gasteiger partial charge in [-0.15, -0.1) is 6.58 Å². The molecule has 1 aromatic rings. The van der Waals surface area contributed by atoms with Crippen molar-refractivity contribution in [1.29, 1.82) is 0 Å². The SMILES string of the molecule is C=CB(O)O.Fc1ccccc1F. The van der Waals surface area contributed by atoms with E-state index < -0.39 is 18.8 Å². The first kappa shape index (κ1) is 11.8. The summed E-state index contributed by atoms with van der Waals surface area (Å²) in [5.74, 6) is -0.569. The van der Waals surface area contributed by atoms with E-state index in [0.717, 1.165) is 18.1 Å². The maximum absolute atomic E-state index is 11.9. The van der Waals surface area contributed by atoms with Crippen LogP contribution < -0.4 is 0 Å². The summed E-state index contributed by atoms with van der Waals surface area (Å²) in [6.45, 7) is 3.06. The predicted molar refractivity (Wildman–Crippen MR) is 46.7 cm³/mol. The molecule has 0 heterocycles. The van der Waals surface area contributed by atoms with Crippen LogP contribution in [0, 0.1) is 11.6 Å². The van der Waals surface area contributed by atoms with Crippen LogP contribution in [0.2, 0.25) is 0 Å². The maximum atomic E-state index is 11.9. The van der Waals surface area contributed by atoms with Gasteiger partial charge in [0.2, 0.25) is 0 Å². The molecule has 0 spiro atoms. The van der Waals surface area contributed by atoms with Crippen molar-refractivity contribution in [3.63, 3.8) is 0 Å². The Morgan fingerprint density at radius 2 is 1.46 bits per heavy atom. The van der Waals surface area contributed by atoms with Crippen LogP contribution in [0.1, 0.15) is 0 Å². The first-order chi connectivity index (χ1) is 6.07. The fourth-order valence-corrected chi connectivity index (χ4v) is 0.439. The van der Waals surface area contributed by atoms with E-state index in [1.165, 1.54) is 12.1 Å². The zero-order chi connectivity index (χ0) is 10.3. The van der Waals surface area contributed by atoms with Crippen LogP contribution >= 0.6 is 0 Å². The van der Waals surface area contributed by atoms with Gasteiger partial charge in [-0.25, -0.2) is 8.78 Å². The van der Waals surface area contributed by atoms with Crippen molar-refractivity contribution in [1.82, 2.24) is 0 Å². The Labute approximate surface area is 75.3 Å². The van der Waals surface area contributed by atoms with E-state index in [2.05, 4.69) is 6.58 Å². The van der Waals surface area contributed by atoms with Crippen LogP contribution in [0.3, 0.4) is 0 Å². The van der Waals surface area contributed by atoms with E-state index in [-0.39, 0.29) is 0 Å². The predicted octanol–water partition coefficient (Wildman–Crippen LogP) is 1.15. The van der Waals surface area contributed by atoms with Crippen LogP contribution in [-0.4, -0.2) is 17.2 Å². The van der Waals surface area contributed by atoms with Crippen LogP contribution in [0.25, 0.3) is 0 Å². The van der Waals surface area contributed by atoms with Crippen molar-refractivity contribution < 1.29 is 18.8 Å². The molecule has 5 heteroatoms. The van der Waals surface area contributed by atoms with Gasteiger partial charge in [0.1, 0.15) is 0 Å². The molecule has 0 bridgehead atoms. The first-order valence-electron chi connectivity index (χ1n) is 3.46. The summed E-state index contributed by atoms with van der Waals surface area (Å²) in [4.78, 5) is 0. The topological polar surface area (TPSA) is 40.5 Å². The summed E-state index contributed by atoms with van der Waals surface area (Å²) >= 11 is 0. The molecule has 0 aliphatic heterocycles. The molecule has 0 aromatic heterocycles. The number of rotatable bonds is 1. The number of halogens is 2. The van der Waals surface area contributed by atoms with E-state index in [1.54, 1.807) is 0 Å². The molecule has 0 radical (unpaired) electrons. The quantitative estimate of drug-likeness (QED) is 0.645. The minimum atomic E-state index is -1.35. The summed E-state index contributed by atoms with van der Waals surface area (Å²) in [7, 11) is -1.35. The summed E-state index contributed by atoms with van der Waals surface area (Å²) in [6, 6.07) is 5.04. The van der Waals surface area contributed by atoms with Crippen LogP contribution in [0.15, 0.2) is 36.8 Å². The second-order valence-electron chi connectivity index (χ2n) is 2.06. The largest absolute Gasteiger partial charge is 0.480 e. The molecule has 0 amide bonds. The Morgan fingerprint density at radius 3 is 1.62 bits per heavy atom. The number of benzene rings is 1. The normalized spacial score (nSPS) is 8.31. The van der Waals surface area contributed by atoms with Crippen molar-refractivity contribution in [2.45, 2.75) is 0 Å². The molecular weight excluding hydrogens is 177 g/mol. The minimum absolute atomic E-state index is 0.799. The third kappa shape index (κ3) is 6.01. The minimum Gasteiger partial charge on any atom is -0.424 e. The lowest BCUT2D eigenvalue weighted by Gasteiger charge is -1.85. The third-order valence-electron chi connectivity index (χ3n) is 1.04. The number of hydrogen-bond acceptors (Lipinski definition) is 2. The van der Waals surface area contributed by atoms with Gasteiger partial charge >= 0.3 is 7.12 Å². The Morgan fingerprint density at radius 1 is 1.15 bits per heavy atom. The van der Waals surface area contributed by atoms with Crippen LogP contribution in [-0.2, 0) is 0 Å². The Balaban J connectivity index is 0.000000252. The molecule has 0 unspecified atom stereocenters. The van der Waals surface area contributed by atoms with Gasteiger partial charge < -0.3 is 10.0 Å². The van der Waals surface area contributed by atoms with Crippen molar-refractivity contribution in [2.24, 2.45) is 0 Å². The van der Waals surface area contributed by atoms with Crippen LogP contribution in [0.4, 0.5) is 8.78 Å². The maximum Gasteiger partial charge on any atom is 0.480 e. The van der Waals surface area contributed by atoms with E-state index in [0.29, 0.717) is 0 Å². The molecule has 0 atom stereocenters. The summed E-state index contributed by atoms with van der Waals surface area (Å²) in [5, 5.41) is 15.6. The van der Waals surface area contributed by atoms with Gasteiger partial charge in [-0.3, -0.25) is 0 Å². The smallest absolute Gasteiger partial charge is 0.424 e. The van der Waals surface area contributed by atoms with Crippen LogP contribution in [0.5, 0.6) is 0 Å². The summed E-state index contributed by atoms with van der Waals surface area (Å²) in [5.41, 5.74) is 0. The monoisotopic (exact) mass is 186 g/mol. The highest BCUT2D eigenvalue weighted by molar-refractivity contribution is 6.47. The zero-order valence-corrected chi connectivity index (χ0v) is 6.82. The van der Waals surface area contributed by atoms with Crippen molar-refractivity contribution in [3.05, 3.63) is 48.5 Å². The molecule has 1 aromatic carbocycles. The third-order valence-corrected chi connectivity index (χ3v) is 1.04. The molecule has 1 rings (SSSR count). The van der Waals surface area contributed by atoms with E-state index in [4.69, 9.17) is 10.0 Å². The molecule has 0 aliphatic carbocycles. The average molecular weight is 186 g/mol. The van der Waals surface area contributed by atoms with E-state index in [9.17, 15) is 8.78 Å². The van der Waals surface area contributed by atoms with Crippen molar-refractivity contribution in [2.75, 3.05) is 0 Å². The lowest BCUT2D eigenvalue weighted by atomic mass is 9.94. The second-order valence-corrected chi connectivity index (χ2v) is 2.06. The Kier molecular flexibility index (Phi) is 5.75. The van der Waals surface area contributed by atoms with E-state index >= 15 is 0 Å². The van der Waals surface area contributed by atoms with Gasteiger partial charge in [-0.2, -0.15) is 0 Å². The zero-order valence-electron chi connectivity index (χ0n) is 6.82. The van der Waals surface area contributed by atoms with Gasteiger partial charge in [0.25, 0.3) is 0 Å². The Bertz CT molecular complexity index is 245. The van der Waals surface area contributed by atoms with Crippen molar-refractivity contribution >= 4 is 7.12 Å². The lowest BCUT2D eigenvalue weighted by molar-refractivity contribution is 0.424. The second kappa shape index (κ2) is 6.34. The lowest BCUT2D eigenvalue weighted by Crippen LogP contribution is -2.03. The summed E-state index contributed by atoms with van der Waals surface area (Å²) < 4.78 is 23.9. The van der Waals surface area contributed by atoms with Gasteiger partial charge in [0.05, 0.1) is 0 Å². The summed E-state index contributed by atoms with van der Waals surface area (Å²) in [6.07, 6.45) is 0. The first-order valence-corrected chi connectivity index (χ1v) is 3.46. The van der Waals surface area contributed by atoms with Gasteiger partial charge in [0, 0.05) is 0 Å². The molecule has 0 saturated heterocycles. The van der Waals surface area contributed by atoms with E-state index in [1.807, 2.05) is 0 Å². The fourth-order valence-electron chi connectivity index (χ4n) is 0.439. The molecule has 0 aliphatic rings. The highest BCUT2D eigenvalue weighted by Crippen LogP contribution is 2.01. The standard InChI is InChI=1S/C6H4F2.C2H5BO2/c7-5-3-1-2-4-6(5)8;1-2-3(4)5/h1-4H;2,4-5H,1H2.